The van der Waals surface area contributed by atoms with Gasteiger partial charge in [0.25, 0.3) is 5.91 Å². The zero-order chi connectivity index (χ0) is 21.1. The van der Waals surface area contributed by atoms with E-state index in [0.717, 1.165) is 12.1 Å². The Labute approximate surface area is 169 Å². The van der Waals surface area contributed by atoms with Crippen LogP contribution < -0.4 is 5.32 Å². The van der Waals surface area contributed by atoms with Crippen molar-refractivity contribution in [1.82, 2.24) is 14.8 Å². The maximum Gasteiger partial charge on any atom is 0.416 e. The standard InChI is InChI=1S/C22H15F3N4O/c23-22(24,25)17-13-11-15(12-14-17)19-26-21(27-20(30)16-7-3-1-4-8-16)28-29(19)18-9-5-2-6-10-18/h1-14H,(H,27,28,30). The highest BCUT2D eigenvalue weighted by atomic mass is 19.4. The van der Waals surface area contributed by atoms with Crippen LogP contribution in [0.2, 0.25) is 0 Å². The van der Waals surface area contributed by atoms with Crippen LogP contribution in [0.3, 0.4) is 0 Å². The van der Waals surface area contributed by atoms with Gasteiger partial charge >= 0.3 is 6.18 Å². The Hall–Kier alpha value is -3.94. The Morgan fingerprint density at radius 3 is 2.03 bits per heavy atom. The van der Waals surface area contributed by atoms with E-state index in [2.05, 4.69) is 15.4 Å². The molecule has 0 aliphatic carbocycles. The Balaban J connectivity index is 1.72. The fourth-order valence-corrected chi connectivity index (χ4v) is 2.87. The first-order valence-corrected chi connectivity index (χ1v) is 8.98. The molecule has 150 valence electrons. The fraction of sp³-hybridized carbons (Fsp3) is 0.0455. The lowest BCUT2D eigenvalue weighted by Crippen LogP contribution is -2.13. The van der Waals surface area contributed by atoms with E-state index in [9.17, 15) is 18.0 Å². The van der Waals surface area contributed by atoms with Crippen LogP contribution in [0.5, 0.6) is 0 Å². The molecule has 3 aromatic carbocycles. The summed E-state index contributed by atoms with van der Waals surface area (Å²) in [7, 11) is 0. The number of nitrogens with one attached hydrogen (secondary N) is 1. The van der Waals surface area contributed by atoms with Gasteiger partial charge in [-0.1, -0.05) is 48.5 Å². The van der Waals surface area contributed by atoms with Crippen molar-refractivity contribution in [1.29, 1.82) is 0 Å². The van der Waals surface area contributed by atoms with E-state index in [-0.39, 0.29) is 11.9 Å². The summed E-state index contributed by atoms with van der Waals surface area (Å²) in [6.07, 6.45) is -4.43. The molecule has 0 unspecified atom stereocenters. The largest absolute Gasteiger partial charge is 0.416 e. The summed E-state index contributed by atoms with van der Waals surface area (Å²) in [5.74, 6) is -0.0410. The van der Waals surface area contributed by atoms with Crippen molar-refractivity contribution in [3.8, 4) is 17.1 Å². The zero-order valence-corrected chi connectivity index (χ0v) is 15.5. The Bertz CT molecular complexity index is 1150. The van der Waals surface area contributed by atoms with Crippen molar-refractivity contribution < 1.29 is 18.0 Å². The number of carbonyl (C=O) groups is 1. The molecule has 30 heavy (non-hydrogen) atoms. The molecule has 0 atom stereocenters. The molecule has 1 aromatic heterocycles. The van der Waals surface area contributed by atoms with Gasteiger partial charge in [-0.05, 0) is 36.4 Å². The normalized spacial score (nSPS) is 11.3. The molecule has 1 N–H and O–H groups in total. The molecule has 0 saturated heterocycles. The molecule has 0 aliphatic rings. The van der Waals surface area contributed by atoms with Crippen LogP contribution in [0.15, 0.2) is 84.9 Å². The molecule has 8 heteroatoms. The summed E-state index contributed by atoms with van der Waals surface area (Å²) in [5, 5.41) is 6.98. The maximum absolute atomic E-state index is 12.9. The lowest BCUT2D eigenvalue weighted by Gasteiger charge is -2.08. The average molecular weight is 408 g/mol. The number of carbonyl (C=O) groups excluding carboxylic acids is 1. The number of para-hydroxylation sites is 1. The second-order valence-corrected chi connectivity index (χ2v) is 6.40. The second kappa shape index (κ2) is 7.82. The number of hydrogen-bond donors (Lipinski definition) is 1. The second-order valence-electron chi connectivity index (χ2n) is 6.40. The maximum atomic E-state index is 12.9. The van der Waals surface area contributed by atoms with Crippen LogP contribution >= 0.6 is 0 Å². The molecule has 1 heterocycles. The van der Waals surface area contributed by atoms with Gasteiger partial charge in [0.15, 0.2) is 5.82 Å². The van der Waals surface area contributed by atoms with E-state index in [1.165, 1.54) is 16.8 Å². The van der Waals surface area contributed by atoms with Crippen molar-refractivity contribution >= 4 is 11.9 Å². The first-order valence-electron chi connectivity index (χ1n) is 8.98. The van der Waals surface area contributed by atoms with E-state index in [4.69, 9.17) is 0 Å². The minimum absolute atomic E-state index is 0.0441. The molecule has 0 radical (unpaired) electrons. The van der Waals surface area contributed by atoms with Crippen LogP contribution in [0.25, 0.3) is 17.1 Å². The van der Waals surface area contributed by atoms with Crippen molar-refractivity contribution in [3.63, 3.8) is 0 Å². The van der Waals surface area contributed by atoms with Gasteiger partial charge in [0, 0.05) is 11.1 Å². The smallest absolute Gasteiger partial charge is 0.289 e. The van der Waals surface area contributed by atoms with Gasteiger partial charge < -0.3 is 0 Å². The van der Waals surface area contributed by atoms with Crippen LogP contribution in [0.1, 0.15) is 15.9 Å². The van der Waals surface area contributed by atoms with Crippen molar-refractivity contribution in [2.45, 2.75) is 6.18 Å². The lowest BCUT2D eigenvalue weighted by molar-refractivity contribution is -0.137. The highest BCUT2D eigenvalue weighted by Gasteiger charge is 2.30. The lowest BCUT2D eigenvalue weighted by atomic mass is 10.1. The number of alkyl halides is 3. The van der Waals surface area contributed by atoms with Gasteiger partial charge in [-0.2, -0.15) is 18.2 Å². The summed E-state index contributed by atoms with van der Waals surface area (Å²) in [6.45, 7) is 0. The molecule has 0 spiro atoms. The van der Waals surface area contributed by atoms with Gasteiger partial charge in [-0.15, -0.1) is 5.10 Å². The minimum atomic E-state index is -4.43. The third-order valence-corrected chi connectivity index (χ3v) is 4.34. The van der Waals surface area contributed by atoms with Gasteiger partial charge in [-0.3, -0.25) is 10.1 Å². The summed E-state index contributed by atoms with van der Waals surface area (Å²) in [6, 6.07) is 22.2. The Kier molecular flexibility index (Phi) is 5.05. The fourth-order valence-electron chi connectivity index (χ4n) is 2.87. The van der Waals surface area contributed by atoms with Gasteiger partial charge in [0.05, 0.1) is 11.3 Å². The van der Waals surface area contributed by atoms with E-state index < -0.39 is 11.7 Å². The van der Waals surface area contributed by atoms with E-state index in [0.29, 0.717) is 22.6 Å². The molecule has 0 aliphatic heterocycles. The van der Waals surface area contributed by atoms with E-state index in [1.807, 2.05) is 6.07 Å². The quantitative estimate of drug-likeness (QED) is 0.505. The average Bonchev–Trinajstić information content (AvgIpc) is 3.18. The minimum Gasteiger partial charge on any atom is -0.289 e. The molecule has 0 bridgehead atoms. The predicted molar refractivity (Wildman–Crippen MR) is 106 cm³/mol. The van der Waals surface area contributed by atoms with Crippen molar-refractivity contribution in [3.05, 3.63) is 96.1 Å². The predicted octanol–water partition coefficient (Wildman–Crippen LogP) is 5.21. The Morgan fingerprint density at radius 2 is 1.43 bits per heavy atom. The number of benzene rings is 3. The van der Waals surface area contributed by atoms with Crippen molar-refractivity contribution in [2.24, 2.45) is 0 Å². The number of hydrogen-bond acceptors (Lipinski definition) is 3. The summed E-state index contributed by atoms with van der Waals surface area (Å²) in [5.41, 5.74) is 0.763. The van der Waals surface area contributed by atoms with Crippen molar-refractivity contribution in [2.75, 3.05) is 5.32 Å². The first kappa shape index (κ1) is 19.4. The third kappa shape index (κ3) is 4.07. The number of rotatable bonds is 4. The monoisotopic (exact) mass is 408 g/mol. The highest BCUT2D eigenvalue weighted by molar-refractivity contribution is 6.03. The Morgan fingerprint density at radius 1 is 0.833 bits per heavy atom. The van der Waals surface area contributed by atoms with Crippen LogP contribution in [0.4, 0.5) is 19.1 Å². The van der Waals surface area contributed by atoms with Gasteiger partial charge in [0.2, 0.25) is 5.95 Å². The molecule has 0 saturated carbocycles. The number of amides is 1. The molecular weight excluding hydrogens is 393 g/mol. The van der Waals surface area contributed by atoms with Crippen LogP contribution in [-0.4, -0.2) is 20.7 Å². The molecule has 4 aromatic rings. The zero-order valence-electron chi connectivity index (χ0n) is 15.5. The molecule has 0 fully saturated rings. The topological polar surface area (TPSA) is 59.8 Å². The SMILES string of the molecule is O=C(Nc1nc(-c2ccc(C(F)(F)F)cc2)n(-c2ccccc2)n1)c1ccccc1. The molecular formula is C22H15F3N4O. The number of anilines is 1. The molecule has 5 nitrogen and oxygen atoms in total. The number of nitrogens with zero attached hydrogens (tertiary/aromatic N) is 3. The van der Waals surface area contributed by atoms with E-state index in [1.54, 1.807) is 54.6 Å². The third-order valence-electron chi connectivity index (χ3n) is 4.34. The van der Waals surface area contributed by atoms with Gasteiger partial charge in [-0.25, -0.2) is 4.68 Å². The molecule has 1 amide bonds. The van der Waals surface area contributed by atoms with Crippen LogP contribution in [-0.2, 0) is 6.18 Å². The summed E-state index contributed by atoms with van der Waals surface area (Å²) in [4.78, 5) is 16.8. The molecule has 4 rings (SSSR count). The highest BCUT2D eigenvalue weighted by Crippen LogP contribution is 2.31. The summed E-state index contributed by atoms with van der Waals surface area (Å²) >= 11 is 0. The number of aromatic nitrogens is 3. The van der Waals surface area contributed by atoms with Crippen LogP contribution in [0, 0.1) is 0 Å². The van der Waals surface area contributed by atoms with Gasteiger partial charge in [0.1, 0.15) is 0 Å². The van der Waals surface area contributed by atoms with E-state index >= 15 is 0 Å². The first-order chi connectivity index (χ1) is 14.4. The number of halogens is 3. The summed E-state index contributed by atoms with van der Waals surface area (Å²) < 4.78 is 40.2.